The minimum Gasteiger partial charge on any atom is -0.319 e. The van der Waals surface area contributed by atoms with Gasteiger partial charge in [-0.1, -0.05) is 36.0 Å². The van der Waals surface area contributed by atoms with Gasteiger partial charge >= 0.3 is 0 Å². The number of hydrogen-bond acceptors (Lipinski definition) is 6. The van der Waals surface area contributed by atoms with E-state index in [1.807, 2.05) is 31.2 Å². The Morgan fingerprint density at radius 2 is 2.15 bits per heavy atom. The normalized spacial score (nSPS) is 11.1. The maximum Gasteiger partial charge on any atom is 0.270 e. The van der Waals surface area contributed by atoms with Crippen LogP contribution in [0.2, 0.25) is 0 Å². The van der Waals surface area contributed by atoms with Crippen LogP contribution in [-0.4, -0.2) is 32.3 Å². The summed E-state index contributed by atoms with van der Waals surface area (Å²) in [6.07, 6.45) is 1.37. The van der Waals surface area contributed by atoms with Crippen LogP contribution in [0.3, 0.4) is 0 Å². The molecule has 2 aromatic carbocycles. The molecule has 0 radical (unpaired) electrons. The first-order chi connectivity index (χ1) is 13.1. The van der Waals surface area contributed by atoms with Crippen LogP contribution in [0.5, 0.6) is 0 Å². The summed E-state index contributed by atoms with van der Waals surface area (Å²) in [4.78, 5) is 26.8. The molecule has 0 fully saturated rings. The number of hydrogen-bond donors (Lipinski definition) is 1. The number of aromatic nitrogens is 2. The maximum absolute atomic E-state index is 12.0. The Balaban J connectivity index is 1.59. The van der Waals surface area contributed by atoms with Crippen molar-refractivity contribution in [1.29, 1.82) is 0 Å². The molecule has 0 bridgehead atoms. The largest absolute Gasteiger partial charge is 0.319 e. The van der Waals surface area contributed by atoms with Crippen LogP contribution in [0, 0.1) is 10.1 Å². The van der Waals surface area contributed by atoms with E-state index in [1.165, 1.54) is 30.1 Å². The van der Waals surface area contributed by atoms with E-state index in [1.54, 1.807) is 12.1 Å². The zero-order valence-corrected chi connectivity index (χ0v) is 15.3. The monoisotopic (exact) mass is 383 g/mol. The number of hydrazone groups is 1. The molecule has 1 heterocycles. The Bertz CT molecular complexity index is 1020. The summed E-state index contributed by atoms with van der Waals surface area (Å²) in [5.41, 5.74) is 4.86. The Hall–Kier alpha value is -3.20. The number of nitrogens with zero attached hydrogens (tertiary/aromatic N) is 4. The van der Waals surface area contributed by atoms with Gasteiger partial charge in [-0.3, -0.25) is 14.9 Å². The van der Waals surface area contributed by atoms with Gasteiger partial charge in [-0.25, -0.2) is 10.4 Å². The van der Waals surface area contributed by atoms with E-state index >= 15 is 0 Å². The zero-order chi connectivity index (χ0) is 19.2. The van der Waals surface area contributed by atoms with Crippen LogP contribution in [-0.2, 0) is 11.3 Å². The molecule has 1 amide bonds. The molecular weight excluding hydrogens is 366 g/mol. The van der Waals surface area contributed by atoms with Crippen molar-refractivity contribution in [1.82, 2.24) is 15.0 Å². The predicted octanol–water partition coefficient (Wildman–Crippen LogP) is 3.21. The molecule has 3 rings (SSSR count). The summed E-state index contributed by atoms with van der Waals surface area (Å²) in [5, 5.41) is 15.4. The Morgan fingerprint density at radius 3 is 2.93 bits per heavy atom. The smallest absolute Gasteiger partial charge is 0.270 e. The van der Waals surface area contributed by atoms with Crippen LogP contribution in [0.15, 0.2) is 58.8 Å². The van der Waals surface area contributed by atoms with Crippen LogP contribution < -0.4 is 5.43 Å². The highest BCUT2D eigenvalue weighted by atomic mass is 32.2. The summed E-state index contributed by atoms with van der Waals surface area (Å²) in [6, 6.07) is 13.8. The summed E-state index contributed by atoms with van der Waals surface area (Å²) in [5.74, 6) is -0.119. The molecule has 8 nitrogen and oxygen atoms in total. The lowest BCUT2D eigenvalue weighted by atomic mass is 10.2. The average Bonchev–Trinajstić information content (AvgIpc) is 3.04. The number of rotatable bonds is 7. The first-order valence-corrected chi connectivity index (χ1v) is 9.21. The fourth-order valence-corrected chi connectivity index (χ4v) is 3.40. The molecule has 1 N–H and O–H groups in total. The quantitative estimate of drug-likeness (QED) is 0.292. The molecule has 27 heavy (non-hydrogen) atoms. The van der Waals surface area contributed by atoms with Crippen molar-refractivity contribution >= 4 is 40.6 Å². The highest BCUT2D eigenvalue weighted by Crippen LogP contribution is 2.23. The van der Waals surface area contributed by atoms with Crippen LogP contribution >= 0.6 is 11.8 Å². The van der Waals surface area contributed by atoms with Crippen LogP contribution in [0.1, 0.15) is 12.5 Å². The Kier molecular flexibility index (Phi) is 5.82. The lowest BCUT2D eigenvalue weighted by Gasteiger charge is -2.04. The van der Waals surface area contributed by atoms with Gasteiger partial charge in [0.15, 0.2) is 5.16 Å². The molecule has 1 aromatic heterocycles. The molecule has 0 aliphatic carbocycles. The van der Waals surface area contributed by atoms with E-state index in [4.69, 9.17) is 0 Å². The van der Waals surface area contributed by atoms with E-state index in [0.717, 1.165) is 22.7 Å². The third-order valence-electron chi connectivity index (χ3n) is 3.75. The van der Waals surface area contributed by atoms with Gasteiger partial charge in [0, 0.05) is 24.2 Å². The van der Waals surface area contributed by atoms with Crippen molar-refractivity contribution in [2.24, 2.45) is 5.10 Å². The van der Waals surface area contributed by atoms with Gasteiger partial charge in [0.1, 0.15) is 0 Å². The lowest BCUT2D eigenvalue weighted by molar-refractivity contribution is -0.384. The van der Waals surface area contributed by atoms with Gasteiger partial charge < -0.3 is 4.57 Å². The molecule has 0 saturated heterocycles. The number of para-hydroxylation sites is 2. The zero-order valence-electron chi connectivity index (χ0n) is 14.5. The van der Waals surface area contributed by atoms with E-state index in [-0.39, 0.29) is 17.3 Å². The summed E-state index contributed by atoms with van der Waals surface area (Å²) >= 11 is 1.33. The molecule has 0 unspecified atom stereocenters. The first-order valence-electron chi connectivity index (χ1n) is 8.23. The molecule has 9 heteroatoms. The van der Waals surface area contributed by atoms with Crippen molar-refractivity contribution in [3.8, 4) is 0 Å². The molecule has 138 valence electrons. The second-order valence-electron chi connectivity index (χ2n) is 5.56. The van der Waals surface area contributed by atoms with Crippen LogP contribution in [0.25, 0.3) is 11.0 Å². The van der Waals surface area contributed by atoms with Gasteiger partial charge in [-0.05, 0) is 19.1 Å². The standard InChI is InChI=1S/C18H17N5O3S/c1-2-22-16-9-4-3-8-15(16)20-18(22)27-12-17(24)21-19-11-13-6-5-7-14(10-13)23(25)26/h3-11H,2,12H2,1H3,(H,21,24)/b19-11-. The second-order valence-corrected chi connectivity index (χ2v) is 6.50. The minimum atomic E-state index is -0.480. The molecule has 0 atom stereocenters. The number of fused-ring (bicyclic) bond motifs is 1. The second kappa shape index (κ2) is 8.45. The molecule has 0 aliphatic rings. The number of thioether (sulfide) groups is 1. The number of nitro benzene ring substituents is 1. The fourth-order valence-electron chi connectivity index (χ4n) is 2.53. The topological polar surface area (TPSA) is 102 Å². The summed E-state index contributed by atoms with van der Waals surface area (Å²) < 4.78 is 2.06. The van der Waals surface area contributed by atoms with Crippen molar-refractivity contribution in [2.45, 2.75) is 18.6 Å². The van der Waals surface area contributed by atoms with Gasteiger partial charge in [0.05, 0.1) is 27.9 Å². The number of benzene rings is 2. The summed E-state index contributed by atoms with van der Waals surface area (Å²) in [7, 11) is 0. The van der Waals surface area contributed by atoms with Crippen LogP contribution in [0.4, 0.5) is 5.69 Å². The minimum absolute atomic E-state index is 0.0284. The van der Waals surface area contributed by atoms with E-state index in [0.29, 0.717) is 5.56 Å². The number of nitro groups is 1. The van der Waals surface area contributed by atoms with Gasteiger partial charge in [-0.15, -0.1) is 0 Å². The number of imidazole rings is 1. The predicted molar refractivity (Wildman–Crippen MR) is 105 cm³/mol. The van der Waals surface area contributed by atoms with Crippen molar-refractivity contribution in [2.75, 3.05) is 5.75 Å². The van der Waals surface area contributed by atoms with Crippen molar-refractivity contribution < 1.29 is 9.72 Å². The lowest BCUT2D eigenvalue weighted by Crippen LogP contribution is -2.20. The average molecular weight is 383 g/mol. The number of non-ortho nitro benzene ring substituents is 1. The first kappa shape index (κ1) is 18.6. The molecule has 0 spiro atoms. The van der Waals surface area contributed by atoms with Crippen molar-refractivity contribution in [3.63, 3.8) is 0 Å². The Morgan fingerprint density at radius 1 is 1.33 bits per heavy atom. The van der Waals surface area contributed by atoms with E-state index in [2.05, 4.69) is 20.1 Å². The van der Waals surface area contributed by atoms with E-state index in [9.17, 15) is 14.9 Å². The SMILES string of the molecule is CCn1c(SCC(=O)N/N=C\c2cccc([N+](=O)[O-])c2)nc2ccccc21. The highest BCUT2D eigenvalue weighted by Gasteiger charge is 2.11. The number of carbonyl (C=O) groups is 1. The van der Waals surface area contributed by atoms with Gasteiger partial charge in [0.2, 0.25) is 0 Å². The summed E-state index contributed by atoms with van der Waals surface area (Å²) in [6.45, 7) is 2.79. The number of carbonyl (C=O) groups excluding carboxylic acids is 1. The molecular formula is C18H17N5O3S. The van der Waals surface area contributed by atoms with Gasteiger partial charge in [-0.2, -0.15) is 5.10 Å². The number of aryl methyl sites for hydroxylation is 1. The van der Waals surface area contributed by atoms with Gasteiger partial charge in [0.25, 0.3) is 11.6 Å². The molecule has 3 aromatic rings. The third kappa shape index (κ3) is 4.50. The number of nitrogens with one attached hydrogen (secondary N) is 1. The fraction of sp³-hybridized carbons (Fsp3) is 0.167. The number of amides is 1. The highest BCUT2D eigenvalue weighted by molar-refractivity contribution is 7.99. The molecule has 0 saturated carbocycles. The molecule has 0 aliphatic heterocycles. The van der Waals surface area contributed by atoms with Crippen molar-refractivity contribution in [3.05, 3.63) is 64.2 Å². The third-order valence-corrected chi connectivity index (χ3v) is 4.73. The Labute approximate surface area is 159 Å². The maximum atomic E-state index is 12.0. The van der Waals surface area contributed by atoms with E-state index < -0.39 is 4.92 Å².